The smallest absolute Gasteiger partial charge is 0.238 e. The molecular weight excluding hydrogens is 245 g/mol. The number of likely N-dealkylation sites (N-methyl/N-ethyl adjacent to an activating group) is 1. The molecule has 0 saturated carbocycles. The van der Waals surface area contributed by atoms with E-state index in [1.165, 1.54) is 18.2 Å². The number of carbonyl (C=O) groups is 1. The zero-order valence-electron chi connectivity index (χ0n) is 11.6. The Hall–Kier alpha value is -1.62. The fraction of sp³-hybridized carbons (Fsp3) is 0.500. The molecule has 1 rings (SSSR count). The van der Waals surface area contributed by atoms with Gasteiger partial charge in [-0.05, 0) is 37.7 Å². The Morgan fingerprint density at radius 1 is 1.42 bits per heavy atom. The topological polar surface area (TPSA) is 58.4 Å². The summed E-state index contributed by atoms with van der Waals surface area (Å²) >= 11 is 0. The van der Waals surface area contributed by atoms with E-state index in [9.17, 15) is 9.18 Å². The van der Waals surface area contributed by atoms with Crippen molar-refractivity contribution in [3.63, 3.8) is 0 Å². The Morgan fingerprint density at radius 2 is 2.16 bits per heavy atom. The van der Waals surface area contributed by atoms with Crippen LogP contribution >= 0.6 is 0 Å². The average molecular weight is 267 g/mol. The van der Waals surface area contributed by atoms with Gasteiger partial charge in [-0.3, -0.25) is 9.69 Å². The predicted octanol–water partition coefficient (Wildman–Crippen LogP) is 2.47. The number of hydrogen-bond donors (Lipinski definition) is 2. The molecule has 1 aromatic rings. The van der Waals surface area contributed by atoms with Gasteiger partial charge in [-0.25, -0.2) is 4.39 Å². The maximum absolute atomic E-state index is 12.9. The number of halogens is 1. The molecule has 19 heavy (non-hydrogen) atoms. The van der Waals surface area contributed by atoms with Crippen LogP contribution in [0.1, 0.15) is 26.7 Å². The monoisotopic (exact) mass is 267 g/mol. The van der Waals surface area contributed by atoms with E-state index in [1.54, 1.807) is 0 Å². The Bertz CT molecular complexity index is 423. The lowest BCUT2D eigenvalue weighted by molar-refractivity contribution is -0.117. The van der Waals surface area contributed by atoms with Gasteiger partial charge in [0.05, 0.1) is 17.9 Å². The van der Waals surface area contributed by atoms with Crippen molar-refractivity contribution in [2.75, 3.05) is 30.7 Å². The number of amides is 1. The summed E-state index contributed by atoms with van der Waals surface area (Å²) in [5.74, 6) is -0.537. The van der Waals surface area contributed by atoms with E-state index >= 15 is 0 Å². The highest BCUT2D eigenvalue weighted by Gasteiger charge is 2.10. The number of anilines is 2. The highest BCUT2D eigenvalue weighted by Crippen LogP contribution is 2.18. The Kier molecular flexibility index (Phi) is 6.29. The molecule has 0 aromatic heterocycles. The van der Waals surface area contributed by atoms with Crippen molar-refractivity contribution >= 4 is 17.3 Å². The first-order chi connectivity index (χ1) is 9.06. The van der Waals surface area contributed by atoms with Crippen LogP contribution in [-0.2, 0) is 4.79 Å². The minimum Gasteiger partial charge on any atom is -0.397 e. The summed E-state index contributed by atoms with van der Waals surface area (Å²) in [4.78, 5) is 13.9. The molecule has 0 radical (unpaired) electrons. The number of carbonyl (C=O) groups excluding carboxylic acids is 1. The number of hydrogen-bond acceptors (Lipinski definition) is 3. The van der Waals surface area contributed by atoms with Crippen LogP contribution in [-0.4, -0.2) is 30.4 Å². The van der Waals surface area contributed by atoms with Gasteiger partial charge in [0, 0.05) is 0 Å². The maximum atomic E-state index is 12.9. The first-order valence-electron chi connectivity index (χ1n) is 6.64. The molecule has 1 aromatic carbocycles. The minimum absolute atomic E-state index is 0.128. The number of nitrogens with two attached hydrogens (primary N) is 1. The molecule has 0 atom stereocenters. The summed E-state index contributed by atoms with van der Waals surface area (Å²) in [6, 6.07) is 3.95. The molecule has 5 heteroatoms. The summed E-state index contributed by atoms with van der Waals surface area (Å²) in [6.07, 6.45) is 2.17. The lowest BCUT2D eigenvalue weighted by Gasteiger charge is -2.19. The summed E-state index contributed by atoms with van der Waals surface area (Å²) < 4.78 is 12.9. The maximum Gasteiger partial charge on any atom is 0.238 e. The van der Waals surface area contributed by atoms with Crippen LogP contribution in [0.5, 0.6) is 0 Å². The molecule has 1 amide bonds. The molecule has 3 N–H and O–H groups in total. The largest absolute Gasteiger partial charge is 0.397 e. The van der Waals surface area contributed by atoms with Crippen LogP contribution in [0, 0.1) is 5.82 Å². The molecule has 0 unspecified atom stereocenters. The third-order valence-electron chi connectivity index (χ3n) is 2.93. The minimum atomic E-state index is -0.409. The van der Waals surface area contributed by atoms with Gasteiger partial charge in [-0.15, -0.1) is 0 Å². The van der Waals surface area contributed by atoms with E-state index in [4.69, 9.17) is 5.73 Å². The van der Waals surface area contributed by atoms with Crippen LogP contribution < -0.4 is 11.1 Å². The third-order valence-corrected chi connectivity index (χ3v) is 2.93. The van der Waals surface area contributed by atoms with Crippen LogP contribution in [0.2, 0.25) is 0 Å². The lowest BCUT2D eigenvalue weighted by atomic mass is 10.2. The van der Waals surface area contributed by atoms with Gasteiger partial charge in [-0.2, -0.15) is 0 Å². The number of nitrogen functional groups attached to an aromatic ring is 1. The van der Waals surface area contributed by atoms with E-state index in [1.807, 2.05) is 6.92 Å². The second kappa shape index (κ2) is 7.74. The van der Waals surface area contributed by atoms with Crippen molar-refractivity contribution in [1.29, 1.82) is 0 Å². The van der Waals surface area contributed by atoms with Gasteiger partial charge in [0.25, 0.3) is 0 Å². The molecule has 4 nitrogen and oxygen atoms in total. The molecule has 0 heterocycles. The SMILES string of the molecule is CCCCN(CC)CC(=O)Nc1ccc(F)cc1N. The van der Waals surface area contributed by atoms with Crippen molar-refractivity contribution in [1.82, 2.24) is 4.90 Å². The summed E-state index contributed by atoms with van der Waals surface area (Å²) in [6.45, 7) is 6.20. The first-order valence-corrected chi connectivity index (χ1v) is 6.64. The number of rotatable bonds is 7. The second-order valence-electron chi connectivity index (χ2n) is 4.50. The summed E-state index contributed by atoms with van der Waals surface area (Å²) in [5.41, 5.74) is 6.34. The fourth-order valence-corrected chi connectivity index (χ4v) is 1.77. The first kappa shape index (κ1) is 15.4. The molecule has 0 aliphatic heterocycles. The molecule has 0 fully saturated rings. The van der Waals surface area contributed by atoms with Crippen molar-refractivity contribution in [2.45, 2.75) is 26.7 Å². The van der Waals surface area contributed by atoms with E-state index in [2.05, 4.69) is 17.1 Å². The standard InChI is InChI=1S/C14H22FN3O/c1-3-5-8-18(4-2)10-14(19)17-13-7-6-11(15)9-12(13)16/h6-7,9H,3-5,8,10,16H2,1-2H3,(H,17,19). The zero-order valence-corrected chi connectivity index (χ0v) is 11.6. The van der Waals surface area contributed by atoms with Gasteiger partial charge in [-0.1, -0.05) is 20.3 Å². The quantitative estimate of drug-likeness (QED) is 0.746. The normalized spacial score (nSPS) is 10.7. The van der Waals surface area contributed by atoms with Gasteiger partial charge < -0.3 is 11.1 Å². The van der Waals surface area contributed by atoms with Gasteiger partial charge in [0.2, 0.25) is 5.91 Å². The fourth-order valence-electron chi connectivity index (χ4n) is 1.77. The van der Waals surface area contributed by atoms with E-state index in [0.29, 0.717) is 12.2 Å². The van der Waals surface area contributed by atoms with Crippen molar-refractivity contribution in [3.05, 3.63) is 24.0 Å². The molecule has 106 valence electrons. The third kappa shape index (κ3) is 5.26. The highest BCUT2D eigenvalue weighted by molar-refractivity contribution is 5.95. The second-order valence-corrected chi connectivity index (χ2v) is 4.50. The Balaban J connectivity index is 2.54. The van der Waals surface area contributed by atoms with Crippen LogP contribution in [0.4, 0.5) is 15.8 Å². The molecular formula is C14H22FN3O. The number of nitrogens with zero attached hydrogens (tertiary/aromatic N) is 1. The highest BCUT2D eigenvalue weighted by atomic mass is 19.1. The van der Waals surface area contributed by atoms with Crippen molar-refractivity contribution in [2.24, 2.45) is 0 Å². The predicted molar refractivity (Wildman–Crippen MR) is 76.5 cm³/mol. The van der Waals surface area contributed by atoms with Gasteiger partial charge in [0.15, 0.2) is 0 Å². The Labute approximate surface area is 113 Å². The number of benzene rings is 1. The molecule has 0 aliphatic rings. The van der Waals surface area contributed by atoms with Crippen LogP contribution in [0.3, 0.4) is 0 Å². The van der Waals surface area contributed by atoms with Crippen LogP contribution in [0.15, 0.2) is 18.2 Å². The number of nitrogens with one attached hydrogen (secondary N) is 1. The molecule has 0 spiro atoms. The van der Waals surface area contributed by atoms with Gasteiger partial charge >= 0.3 is 0 Å². The van der Waals surface area contributed by atoms with E-state index in [-0.39, 0.29) is 11.6 Å². The van der Waals surface area contributed by atoms with Crippen LogP contribution in [0.25, 0.3) is 0 Å². The lowest BCUT2D eigenvalue weighted by Crippen LogP contribution is -2.34. The summed E-state index contributed by atoms with van der Waals surface area (Å²) in [5, 5.41) is 2.71. The molecule has 0 saturated heterocycles. The van der Waals surface area contributed by atoms with E-state index in [0.717, 1.165) is 25.9 Å². The van der Waals surface area contributed by atoms with E-state index < -0.39 is 5.82 Å². The summed E-state index contributed by atoms with van der Waals surface area (Å²) in [7, 11) is 0. The molecule has 0 aliphatic carbocycles. The molecule has 0 bridgehead atoms. The van der Waals surface area contributed by atoms with Crippen molar-refractivity contribution in [3.8, 4) is 0 Å². The number of unbranched alkanes of at least 4 members (excludes halogenated alkanes) is 1. The van der Waals surface area contributed by atoms with Gasteiger partial charge in [0.1, 0.15) is 5.82 Å². The zero-order chi connectivity index (χ0) is 14.3. The Morgan fingerprint density at radius 3 is 2.74 bits per heavy atom. The average Bonchev–Trinajstić information content (AvgIpc) is 2.38. The van der Waals surface area contributed by atoms with Crippen molar-refractivity contribution < 1.29 is 9.18 Å².